The molecular weight excluding hydrogens is 290 g/mol. The molecule has 0 aliphatic heterocycles. The zero-order valence-electron chi connectivity index (χ0n) is 11.9. The number of carboxylic acids is 1. The number of sulfonamides is 1. The molecule has 1 aromatic carbocycles. The van der Waals surface area contributed by atoms with Gasteiger partial charge < -0.3 is 5.11 Å². The molecule has 6 heteroatoms. The van der Waals surface area contributed by atoms with Gasteiger partial charge in [0.1, 0.15) is 6.04 Å². The Morgan fingerprint density at radius 2 is 1.86 bits per heavy atom. The second-order valence-electron chi connectivity index (χ2n) is 5.63. The molecule has 21 heavy (non-hydrogen) atoms. The van der Waals surface area contributed by atoms with E-state index >= 15 is 0 Å². The molecule has 0 aromatic heterocycles. The number of carboxylic acid groups (broad SMARTS) is 1. The van der Waals surface area contributed by atoms with Crippen molar-refractivity contribution in [2.45, 2.75) is 38.1 Å². The van der Waals surface area contributed by atoms with Crippen molar-refractivity contribution in [2.24, 2.45) is 5.92 Å². The molecule has 0 spiro atoms. The first-order valence-corrected chi connectivity index (χ1v) is 8.88. The third-order valence-corrected chi connectivity index (χ3v) is 5.39. The van der Waals surface area contributed by atoms with E-state index in [2.05, 4.69) is 4.72 Å². The van der Waals surface area contributed by atoms with Crippen molar-refractivity contribution in [3.8, 4) is 0 Å². The fourth-order valence-electron chi connectivity index (χ4n) is 2.78. The maximum Gasteiger partial charge on any atom is 0.322 e. The Morgan fingerprint density at radius 3 is 2.43 bits per heavy atom. The van der Waals surface area contributed by atoms with Gasteiger partial charge in [-0.15, -0.1) is 0 Å². The summed E-state index contributed by atoms with van der Waals surface area (Å²) in [5, 5.41) is 9.23. The minimum absolute atomic E-state index is 0.0333. The highest BCUT2D eigenvalue weighted by atomic mass is 32.2. The standard InChI is InChI=1S/C15H21NO4S/c17-15(18)14(10-12-6-2-1-3-7-12)16-21(19,20)11-13-8-4-5-9-13/h1-3,6-7,13-14,16H,4-5,8-11H2,(H,17,18)/t14-/m0/s1. The summed E-state index contributed by atoms with van der Waals surface area (Å²) in [5.74, 6) is -0.950. The summed E-state index contributed by atoms with van der Waals surface area (Å²) in [6.07, 6.45) is 4.11. The molecule has 0 unspecified atom stereocenters. The van der Waals surface area contributed by atoms with Crippen LogP contribution in [0.1, 0.15) is 31.2 Å². The Morgan fingerprint density at radius 1 is 1.24 bits per heavy atom. The maximum absolute atomic E-state index is 12.1. The highest BCUT2D eigenvalue weighted by molar-refractivity contribution is 7.89. The van der Waals surface area contributed by atoms with Gasteiger partial charge in [0.15, 0.2) is 0 Å². The predicted octanol–water partition coefficient (Wildman–Crippen LogP) is 1.79. The Labute approximate surface area is 125 Å². The Bertz CT molecular complexity index is 565. The zero-order valence-corrected chi connectivity index (χ0v) is 12.7. The molecule has 2 rings (SSSR count). The van der Waals surface area contributed by atoms with Gasteiger partial charge in [0.25, 0.3) is 0 Å². The van der Waals surface area contributed by atoms with Gasteiger partial charge in [-0.1, -0.05) is 43.2 Å². The van der Waals surface area contributed by atoms with Crippen LogP contribution in [0.2, 0.25) is 0 Å². The van der Waals surface area contributed by atoms with Crippen LogP contribution >= 0.6 is 0 Å². The lowest BCUT2D eigenvalue weighted by atomic mass is 10.1. The molecular formula is C15H21NO4S. The third kappa shape index (κ3) is 5.13. The smallest absolute Gasteiger partial charge is 0.322 e. The largest absolute Gasteiger partial charge is 0.480 e. The van der Waals surface area contributed by atoms with Crippen LogP contribution in [0.15, 0.2) is 30.3 Å². The van der Waals surface area contributed by atoms with Crippen LogP contribution in [0.25, 0.3) is 0 Å². The van der Waals surface area contributed by atoms with Crippen LogP contribution < -0.4 is 4.72 Å². The molecule has 1 fully saturated rings. The first-order valence-electron chi connectivity index (χ1n) is 7.23. The summed E-state index contributed by atoms with van der Waals surface area (Å²) in [4.78, 5) is 11.3. The first-order chi connectivity index (χ1) is 9.96. The van der Waals surface area contributed by atoms with E-state index in [1.165, 1.54) is 0 Å². The van der Waals surface area contributed by atoms with Gasteiger partial charge in [-0.25, -0.2) is 13.1 Å². The molecule has 0 radical (unpaired) electrons. The average Bonchev–Trinajstić information content (AvgIpc) is 2.91. The summed E-state index contributed by atoms with van der Waals surface area (Å²) in [5.41, 5.74) is 0.800. The molecule has 0 saturated heterocycles. The number of benzene rings is 1. The van der Waals surface area contributed by atoms with E-state index in [0.717, 1.165) is 31.2 Å². The number of rotatable bonds is 7. The van der Waals surface area contributed by atoms with Crippen LogP contribution in [0.4, 0.5) is 0 Å². The van der Waals surface area contributed by atoms with Crippen molar-refractivity contribution in [1.29, 1.82) is 0 Å². The van der Waals surface area contributed by atoms with E-state index in [9.17, 15) is 18.3 Å². The quantitative estimate of drug-likeness (QED) is 0.804. The van der Waals surface area contributed by atoms with Gasteiger partial charge in [-0.3, -0.25) is 4.79 Å². The van der Waals surface area contributed by atoms with E-state index in [0.29, 0.717) is 0 Å². The van der Waals surface area contributed by atoms with Gasteiger partial charge in [0, 0.05) is 0 Å². The SMILES string of the molecule is O=C(O)[C@H](Cc1ccccc1)NS(=O)(=O)CC1CCCC1. The molecule has 1 saturated carbocycles. The summed E-state index contributed by atoms with van der Waals surface area (Å²) < 4.78 is 26.6. The molecule has 0 heterocycles. The second kappa shape index (κ2) is 7.04. The minimum atomic E-state index is -3.56. The summed E-state index contributed by atoms with van der Waals surface area (Å²) in [7, 11) is -3.56. The zero-order chi connectivity index (χ0) is 15.3. The fourth-order valence-corrected chi connectivity index (χ4v) is 4.45. The van der Waals surface area contributed by atoms with Crippen molar-refractivity contribution >= 4 is 16.0 Å². The summed E-state index contributed by atoms with van der Waals surface area (Å²) in [6, 6.07) is 7.92. The highest BCUT2D eigenvalue weighted by Gasteiger charge is 2.28. The second-order valence-corrected chi connectivity index (χ2v) is 7.43. The van der Waals surface area contributed by atoms with Gasteiger partial charge in [-0.2, -0.15) is 0 Å². The van der Waals surface area contributed by atoms with Crippen LogP contribution in [-0.2, 0) is 21.2 Å². The normalized spacial score (nSPS) is 17.7. The molecule has 0 amide bonds. The van der Waals surface area contributed by atoms with Gasteiger partial charge in [-0.05, 0) is 30.7 Å². The van der Waals surface area contributed by atoms with Crippen molar-refractivity contribution < 1.29 is 18.3 Å². The molecule has 5 nitrogen and oxygen atoms in total. The van der Waals surface area contributed by atoms with Gasteiger partial charge >= 0.3 is 5.97 Å². The van der Waals surface area contributed by atoms with Crippen molar-refractivity contribution in [1.82, 2.24) is 4.72 Å². The Kier molecular flexibility index (Phi) is 5.36. The summed E-state index contributed by atoms with van der Waals surface area (Å²) in [6.45, 7) is 0. The average molecular weight is 311 g/mol. The Hall–Kier alpha value is -1.40. The molecule has 0 bridgehead atoms. The van der Waals surface area contributed by atoms with E-state index < -0.39 is 22.0 Å². The van der Waals surface area contributed by atoms with E-state index in [1.54, 1.807) is 24.3 Å². The van der Waals surface area contributed by atoms with Gasteiger partial charge in [0.2, 0.25) is 10.0 Å². The van der Waals surface area contributed by atoms with Crippen molar-refractivity contribution in [3.05, 3.63) is 35.9 Å². The number of hydrogen-bond acceptors (Lipinski definition) is 3. The van der Waals surface area contributed by atoms with E-state index in [4.69, 9.17) is 0 Å². The number of hydrogen-bond donors (Lipinski definition) is 2. The van der Waals surface area contributed by atoms with Crippen LogP contribution in [0, 0.1) is 5.92 Å². The minimum Gasteiger partial charge on any atom is -0.480 e. The highest BCUT2D eigenvalue weighted by Crippen LogP contribution is 2.25. The van der Waals surface area contributed by atoms with E-state index in [1.807, 2.05) is 6.07 Å². The fraction of sp³-hybridized carbons (Fsp3) is 0.533. The van der Waals surface area contributed by atoms with Crippen molar-refractivity contribution in [3.63, 3.8) is 0 Å². The lowest BCUT2D eigenvalue weighted by molar-refractivity contribution is -0.138. The number of nitrogens with one attached hydrogen (secondary N) is 1. The summed E-state index contributed by atoms with van der Waals surface area (Å²) >= 11 is 0. The molecule has 1 aromatic rings. The van der Waals surface area contributed by atoms with Crippen LogP contribution in [0.5, 0.6) is 0 Å². The topological polar surface area (TPSA) is 83.5 Å². The van der Waals surface area contributed by atoms with Crippen LogP contribution in [-0.4, -0.2) is 31.3 Å². The lowest BCUT2D eigenvalue weighted by Crippen LogP contribution is -2.44. The van der Waals surface area contributed by atoms with Crippen LogP contribution in [0.3, 0.4) is 0 Å². The monoisotopic (exact) mass is 311 g/mol. The number of carbonyl (C=O) groups is 1. The lowest BCUT2D eigenvalue weighted by Gasteiger charge is -2.17. The molecule has 116 valence electrons. The molecule has 1 atom stereocenters. The molecule has 1 aliphatic rings. The Balaban J connectivity index is 2.00. The van der Waals surface area contributed by atoms with Gasteiger partial charge in [0.05, 0.1) is 5.75 Å². The maximum atomic E-state index is 12.1. The number of aliphatic carboxylic acids is 1. The first kappa shape index (κ1) is 16.0. The third-order valence-electron chi connectivity index (χ3n) is 3.83. The van der Waals surface area contributed by atoms with Crippen molar-refractivity contribution in [2.75, 3.05) is 5.75 Å². The van der Waals surface area contributed by atoms with E-state index in [-0.39, 0.29) is 18.1 Å². The molecule has 2 N–H and O–H groups in total. The predicted molar refractivity (Wildman–Crippen MR) is 80.5 cm³/mol. The molecule has 1 aliphatic carbocycles.